The minimum Gasteiger partial charge on any atom is -0.462 e. The molecule has 5 heteroatoms. The lowest BCUT2D eigenvalue weighted by molar-refractivity contribution is -0.154. The number of unbranched alkanes of at least 4 members (excludes halogenated alkanes) is 3. The fourth-order valence-electron chi connectivity index (χ4n) is 4.05. The van der Waals surface area contributed by atoms with Gasteiger partial charge in [-0.3, -0.25) is 9.69 Å². The van der Waals surface area contributed by atoms with Crippen LogP contribution in [-0.2, 0) is 14.3 Å². The number of carbonyl (C=O) groups excluding carboxylic acids is 2. The van der Waals surface area contributed by atoms with Gasteiger partial charge in [-0.1, -0.05) is 32.1 Å². The highest BCUT2D eigenvalue weighted by atomic mass is 16.5. The number of amides is 1. The molecule has 24 heavy (non-hydrogen) atoms. The fraction of sp³-hybridized carbons (Fsp3) is 0.789. The monoisotopic (exact) mass is 335 g/mol. The predicted molar refractivity (Wildman–Crippen MR) is 91.3 cm³/mol. The number of likely N-dealkylation sites (tertiary alicyclic amines) is 1. The van der Waals surface area contributed by atoms with Crippen LogP contribution in [0.15, 0.2) is 0 Å². The second-order valence-electron chi connectivity index (χ2n) is 6.80. The Kier molecular flexibility index (Phi) is 6.96. The lowest BCUT2D eigenvalue weighted by atomic mass is 9.82. The Balaban J connectivity index is 1.95. The number of rotatable bonds is 6. The van der Waals surface area contributed by atoms with Gasteiger partial charge in [0.15, 0.2) is 0 Å². The Bertz CT molecular complexity index is 484. The molecule has 134 valence electrons. The molecule has 1 heterocycles. The minimum absolute atomic E-state index is 0.0186. The third kappa shape index (κ3) is 4.23. The zero-order chi connectivity index (χ0) is 17.5. The average Bonchev–Trinajstić information content (AvgIpc) is 2.97. The third-order valence-electron chi connectivity index (χ3n) is 5.24. The zero-order valence-corrected chi connectivity index (χ0v) is 14.8. The van der Waals surface area contributed by atoms with Crippen LogP contribution in [0.1, 0.15) is 64.7 Å². The lowest BCUT2D eigenvalue weighted by Crippen LogP contribution is -2.46. The number of methoxy groups -OCH3 is 1. The van der Waals surface area contributed by atoms with Gasteiger partial charge in [-0.2, -0.15) is 0 Å². The van der Waals surface area contributed by atoms with Crippen molar-refractivity contribution in [1.29, 1.82) is 0 Å². The van der Waals surface area contributed by atoms with Crippen LogP contribution in [0.2, 0.25) is 0 Å². The lowest BCUT2D eigenvalue weighted by Gasteiger charge is -2.36. The standard InChI is InChI=1S/C19H29NO4/c1-4-6-7-8-12-18(21)24-17-11-9-10-16-15(17)13-14(5-2)20(16)19(22)23-3/h2,14-17H,4,6-13H2,1,3H3/t14?,15-,16-,17+/m1/s1. The second-order valence-corrected chi connectivity index (χ2v) is 6.80. The molecule has 0 aromatic carbocycles. The van der Waals surface area contributed by atoms with Crippen LogP contribution in [0.5, 0.6) is 0 Å². The largest absolute Gasteiger partial charge is 0.462 e. The molecule has 0 spiro atoms. The predicted octanol–water partition coefficient (Wildman–Crippen LogP) is 3.51. The van der Waals surface area contributed by atoms with E-state index in [0.717, 1.165) is 44.9 Å². The van der Waals surface area contributed by atoms with E-state index in [1.54, 1.807) is 4.90 Å². The highest BCUT2D eigenvalue weighted by molar-refractivity contribution is 5.70. The first kappa shape index (κ1) is 18.6. The van der Waals surface area contributed by atoms with Gasteiger partial charge in [0.25, 0.3) is 0 Å². The Hall–Kier alpha value is -1.70. The molecule has 1 saturated heterocycles. The van der Waals surface area contributed by atoms with Gasteiger partial charge in [0.05, 0.1) is 13.2 Å². The summed E-state index contributed by atoms with van der Waals surface area (Å²) in [6.45, 7) is 2.15. The number of fused-ring (bicyclic) bond motifs is 1. The molecule has 2 aliphatic rings. The van der Waals surface area contributed by atoms with Crippen LogP contribution >= 0.6 is 0 Å². The van der Waals surface area contributed by atoms with Gasteiger partial charge < -0.3 is 9.47 Å². The summed E-state index contributed by atoms with van der Waals surface area (Å²) in [5.41, 5.74) is 0. The molecule has 1 unspecified atom stereocenters. The van der Waals surface area contributed by atoms with Gasteiger partial charge in [-0.05, 0) is 32.1 Å². The molecular formula is C19H29NO4. The van der Waals surface area contributed by atoms with Gasteiger partial charge in [-0.25, -0.2) is 4.79 Å². The topological polar surface area (TPSA) is 55.8 Å². The van der Waals surface area contributed by atoms with Crippen LogP contribution in [0.25, 0.3) is 0 Å². The van der Waals surface area contributed by atoms with Crippen molar-refractivity contribution in [3.05, 3.63) is 0 Å². The number of esters is 1. The van der Waals surface area contributed by atoms with Crippen molar-refractivity contribution in [2.75, 3.05) is 7.11 Å². The Morgan fingerprint density at radius 2 is 2.04 bits per heavy atom. The van der Waals surface area contributed by atoms with E-state index in [1.807, 2.05) is 0 Å². The molecule has 5 nitrogen and oxygen atoms in total. The number of ether oxygens (including phenoxy) is 2. The molecule has 1 aliphatic heterocycles. The van der Waals surface area contributed by atoms with E-state index >= 15 is 0 Å². The summed E-state index contributed by atoms with van der Waals surface area (Å²) in [6.07, 6.45) is 13.2. The van der Waals surface area contributed by atoms with Crippen molar-refractivity contribution >= 4 is 12.1 Å². The molecule has 2 fully saturated rings. The summed E-state index contributed by atoms with van der Waals surface area (Å²) in [7, 11) is 1.37. The first-order chi connectivity index (χ1) is 11.6. The maximum absolute atomic E-state index is 12.1. The van der Waals surface area contributed by atoms with Crippen LogP contribution in [-0.4, -0.2) is 42.3 Å². The van der Waals surface area contributed by atoms with Gasteiger partial charge in [0.1, 0.15) is 6.10 Å². The quantitative estimate of drug-likeness (QED) is 0.423. The van der Waals surface area contributed by atoms with E-state index in [9.17, 15) is 9.59 Å². The van der Waals surface area contributed by atoms with Crippen molar-refractivity contribution in [1.82, 2.24) is 4.90 Å². The van der Waals surface area contributed by atoms with Gasteiger partial charge in [-0.15, -0.1) is 6.42 Å². The summed E-state index contributed by atoms with van der Waals surface area (Å²) >= 11 is 0. The average molecular weight is 335 g/mol. The molecule has 0 N–H and O–H groups in total. The maximum atomic E-state index is 12.1. The number of hydrogen-bond donors (Lipinski definition) is 0. The molecule has 0 bridgehead atoms. The number of carbonyl (C=O) groups is 2. The third-order valence-corrected chi connectivity index (χ3v) is 5.24. The van der Waals surface area contributed by atoms with Crippen LogP contribution in [0.4, 0.5) is 4.79 Å². The molecule has 1 amide bonds. The molecule has 2 rings (SSSR count). The summed E-state index contributed by atoms with van der Waals surface area (Å²) in [5, 5.41) is 0. The van der Waals surface area contributed by atoms with E-state index in [0.29, 0.717) is 12.8 Å². The van der Waals surface area contributed by atoms with Crippen LogP contribution < -0.4 is 0 Å². The molecule has 4 atom stereocenters. The SMILES string of the molecule is C#CC1C[C@H]2[C@@H](OC(=O)CCCCCC)CCC[C@H]2N1C(=O)OC. The summed E-state index contributed by atoms with van der Waals surface area (Å²) < 4.78 is 10.6. The first-order valence-corrected chi connectivity index (χ1v) is 9.14. The first-order valence-electron chi connectivity index (χ1n) is 9.14. The summed E-state index contributed by atoms with van der Waals surface area (Å²) in [4.78, 5) is 25.9. The maximum Gasteiger partial charge on any atom is 0.410 e. The van der Waals surface area contributed by atoms with Crippen molar-refractivity contribution in [2.45, 2.75) is 82.9 Å². The van der Waals surface area contributed by atoms with E-state index in [-0.39, 0.29) is 36.2 Å². The van der Waals surface area contributed by atoms with Crippen LogP contribution in [0.3, 0.4) is 0 Å². The molecule has 1 saturated carbocycles. The Morgan fingerprint density at radius 1 is 1.25 bits per heavy atom. The molecule has 1 aliphatic carbocycles. The molecule has 0 radical (unpaired) electrons. The van der Waals surface area contributed by atoms with Crippen molar-refractivity contribution in [2.24, 2.45) is 5.92 Å². The van der Waals surface area contributed by atoms with E-state index in [4.69, 9.17) is 15.9 Å². The van der Waals surface area contributed by atoms with E-state index in [1.165, 1.54) is 7.11 Å². The number of hydrogen-bond acceptors (Lipinski definition) is 4. The Labute approximate surface area is 145 Å². The van der Waals surface area contributed by atoms with E-state index < -0.39 is 0 Å². The smallest absolute Gasteiger partial charge is 0.410 e. The molecular weight excluding hydrogens is 306 g/mol. The minimum atomic E-state index is -0.378. The van der Waals surface area contributed by atoms with Crippen LogP contribution in [0, 0.1) is 18.3 Å². The summed E-state index contributed by atoms with van der Waals surface area (Å²) in [5.74, 6) is 2.70. The molecule has 0 aromatic rings. The van der Waals surface area contributed by atoms with Crippen molar-refractivity contribution < 1.29 is 19.1 Å². The summed E-state index contributed by atoms with van der Waals surface area (Å²) in [6, 6.07) is -0.249. The number of terminal acetylenes is 1. The van der Waals surface area contributed by atoms with Gasteiger partial charge in [0, 0.05) is 18.4 Å². The van der Waals surface area contributed by atoms with Crippen molar-refractivity contribution in [3.8, 4) is 12.3 Å². The molecule has 0 aromatic heterocycles. The highest BCUT2D eigenvalue weighted by Crippen LogP contribution is 2.41. The van der Waals surface area contributed by atoms with E-state index in [2.05, 4.69) is 12.8 Å². The second kappa shape index (κ2) is 8.96. The fourth-order valence-corrected chi connectivity index (χ4v) is 4.05. The normalized spacial score (nSPS) is 28.8. The van der Waals surface area contributed by atoms with Gasteiger partial charge in [0.2, 0.25) is 0 Å². The van der Waals surface area contributed by atoms with Crippen molar-refractivity contribution in [3.63, 3.8) is 0 Å². The van der Waals surface area contributed by atoms with Gasteiger partial charge >= 0.3 is 12.1 Å². The highest BCUT2D eigenvalue weighted by Gasteiger charge is 2.49. The Morgan fingerprint density at radius 3 is 2.71 bits per heavy atom. The zero-order valence-electron chi connectivity index (χ0n) is 14.8. The number of nitrogens with zero attached hydrogens (tertiary/aromatic N) is 1.